The second-order valence-electron chi connectivity index (χ2n) is 4.78. The van der Waals surface area contributed by atoms with Crippen molar-refractivity contribution in [1.82, 2.24) is 9.71 Å². The van der Waals surface area contributed by atoms with E-state index in [1.54, 1.807) is 0 Å². The van der Waals surface area contributed by atoms with E-state index in [0.717, 1.165) is 5.41 Å². The maximum atomic E-state index is 2.60. The molecular formula is C9H18BIN2. The molecule has 0 amide bonds. The second-order valence-corrected chi connectivity index (χ2v) is 6.58. The van der Waals surface area contributed by atoms with E-state index in [4.69, 9.17) is 0 Å². The molecule has 2 heterocycles. The lowest BCUT2D eigenvalue weighted by atomic mass is 9.71. The van der Waals surface area contributed by atoms with E-state index >= 15 is 0 Å². The molecule has 0 N–H and O–H groups in total. The van der Waals surface area contributed by atoms with Crippen molar-refractivity contribution in [1.29, 1.82) is 0 Å². The van der Waals surface area contributed by atoms with Crippen LogP contribution in [0.4, 0.5) is 0 Å². The molecule has 0 atom stereocenters. The molecule has 2 aliphatic heterocycles. The van der Waals surface area contributed by atoms with E-state index < -0.39 is 0 Å². The molecule has 2 saturated heterocycles. The number of hydrogen-bond acceptors (Lipinski definition) is 2. The van der Waals surface area contributed by atoms with E-state index in [1.807, 2.05) is 0 Å². The Kier molecular flexibility index (Phi) is 2.92. The normalized spacial score (nSPS) is 28.8. The summed E-state index contributed by atoms with van der Waals surface area (Å²) in [5, 5.41) is 0. The molecule has 4 heteroatoms. The zero-order valence-corrected chi connectivity index (χ0v) is 10.7. The summed E-state index contributed by atoms with van der Waals surface area (Å²) in [6.07, 6.45) is 2.84. The van der Waals surface area contributed by atoms with Crippen LogP contribution in [-0.2, 0) is 0 Å². The summed E-state index contributed by atoms with van der Waals surface area (Å²) in [6, 6.07) is 0. The molecule has 0 bridgehead atoms. The van der Waals surface area contributed by atoms with Gasteiger partial charge < -0.3 is 9.71 Å². The van der Waals surface area contributed by atoms with Gasteiger partial charge in [-0.25, -0.2) is 0 Å². The fraction of sp³-hybridized carbons (Fsp3) is 1.00. The highest BCUT2D eigenvalue weighted by atomic mass is 127. The molecule has 0 unspecified atom stereocenters. The second kappa shape index (κ2) is 3.70. The van der Waals surface area contributed by atoms with Gasteiger partial charge in [-0.2, -0.15) is 0 Å². The summed E-state index contributed by atoms with van der Waals surface area (Å²) in [4.78, 5) is 5.05. The highest BCUT2D eigenvalue weighted by Gasteiger charge is 2.43. The van der Waals surface area contributed by atoms with E-state index in [-0.39, 0.29) is 0 Å². The number of hydrogen-bond donors (Lipinski definition) is 0. The Hall–Kier alpha value is 0.715. The number of piperidine rings is 1. The van der Waals surface area contributed by atoms with Crippen LogP contribution in [0.5, 0.6) is 0 Å². The molecule has 13 heavy (non-hydrogen) atoms. The zero-order chi connectivity index (χ0) is 9.47. The number of rotatable bonds is 1. The lowest BCUT2D eigenvalue weighted by molar-refractivity contribution is -0.0176. The molecule has 1 spiro atoms. The van der Waals surface area contributed by atoms with Gasteiger partial charge in [0.1, 0.15) is 0 Å². The van der Waals surface area contributed by atoms with Crippen molar-refractivity contribution < 1.29 is 0 Å². The maximum absolute atomic E-state index is 2.60. The third-order valence-corrected chi connectivity index (χ3v) is 4.36. The van der Waals surface area contributed by atoms with Crippen molar-refractivity contribution in [3.63, 3.8) is 0 Å². The Balaban J connectivity index is 1.83. The monoisotopic (exact) mass is 292 g/mol. The van der Waals surface area contributed by atoms with Crippen molar-refractivity contribution in [3.05, 3.63) is 0 Å². The van der Waals surface area contributed by atoms with E-state index in [1.165, 1.54) is 39.0 Å². The number of nitrogens with zero attached hydrogens (tertiary/aromatic N) is 2. The van der Waals surface area contributed by atoms with Crippen LogP contribution in [0.1, 0.15) is 12.8 Å². The Morgan fingerprint density at radius 3 is 2.15 bits per heavy atom. The lowest BCUT2D eigenvalue weighted by Crippen LogP contribution is -2.59. The molecule has 0 aromatic rings. The van der Waals surface area contributed by atoms with Crippen LogP contribution in [-0.4, -0.2) is 47.6 Å². The van der Waals surface area contributed by atoms with Gasteiger partial charge in [0.25, 0.3) is 4.70 Å². The summed E-state index contributed by atoms with van der Waals surface area (Å²) in [7, 11) is 2.23. The molecule has 2 aliphatic rings. The molecule has 0 saturated carbocycles. The molecule has 74 valence electrons. The van der Waals surface area contributed by atoms with Gasteiger partial charge in [-0.05, 0) is 38.4 Å². The minimum atomic E-state index is 0.716. The quantitative estimate of drug-likeness (QED) is 0.534. The van der Waals surface area contributed by atoms with Gasteiger partial charge in [0, 0.05) is 13.1 Å². The van der Waals surface area contributed by atoms with Crippen molar-refractivity contribution in [2.45, 2.75) is 19.7 Å². The fourth-order valence-corrected chi connectivity index (χ4v) is 3.33. The minimum Gasteiger partial charge on any atom is -0.333 e. The van der Waals surface area contributed by atoms with Gasteiger partial charge in [-0.3, -0.25) is 0 Å². The van der Waals surface area contributed by atoms with Gasteiger partial charge in [0.05, 0.1) is 0 Å². The Bertz CT molecular complexity index is 182. The van der Waals surface area contributed by atoms with Crippen molar-refractivity contribution >= 4 is 27.1 Å². The standard InChI is InChI=1S/C9H18BIN2/c1-10(11)13-5-3-9(4-6-13)7-12(2)8-9/h3-8H2,1-2H3. The Morgan fingerprint density at radius 1 is 1.23 bits per heavy atom. The van der Waals surface area contributed by atoms with Gasteiger partial charge in [-0.1, -0.05) is 6.82 Å². The zero-order valence-electron chi connectivity index (χ0n) is 8.59. The third kappa shape index (κ3) is 2.05. The first kappa shape index (κ1) is 10.2. The predicted octanol–water partition coefficient (Wildman–Crippen LogP) is 1.57. The SMILES string of the molecule is CB(I)N1CCC2(CC1)CN(C)C2. The van der Waals surface area contributed by atoms with Gasteiger partial charge in [0.2, 0.25) is 0 Å². The minimum absolute atomic E-state index is 0.716. The molecule has 0 aromatic heterocycles. The first-order valence-corrected chi connectivity index (χ1v) is 6.43. The maximum Gasteiger partial charge on any atom is 0.294 e. The average molecular weight is 292 g/mol. The van der Waals surface area contributed by atoms with Crippen LogP contribution in [0.2, 0.25) is 6.82 Å². The summed E-state index contributed by atoms with van der Waals surface area (Å²) in [5.74, 6) is 0. The third-order valence-electron chi connectivity index (χ3n) is 3.57. The average Bonchev–Trinajstić information content (AvgIpc) is 2.03. The topological polar surface area (TPSA) is 6.48 Å². The molecule has 2 rings (SSSR count). The number of likely N-dealkylation sites (tertiary alicyclic amines) is 1. The van der Waals surface area contributed by atoms with E-state index in [0.29, 0.717) is 4.70 Å². The van der Waals surface area contributed by atoms with Crippen LogP contribution >= 0.6 is 22.4 Å². The van der Waals surface area contributed by atoms with Crippen molar-refractivity contribution in [2.75, 3.05) is 33.2 Å². The Morgan fingerprint density at radius 2 is 1.77 bits per heavy atom. The van der Waals surface area contributed by atoms with Gasteiger partial charge >= 0.3 is 0 Å². The molecule has 2 fully saturated rings. The lowest BCUT2D eigenvalue weighted by Gasteiger charge is -2.53. The summed E-state index contributed by atoms with van der Waals surface area (Å²) < 4.78 is 0.716. The fourth-order valence-electron chi connectivity index (χ4n) is 2.77. The molecule has 0 aliphatic carbocycles. The van der Waals surface area contributed by atoms with Crippen LogP contribution in [0.3, 0.4) is 0 Å². The summed E-state index contributed by atoms with van der Waals surface area (Å²) >= 11 is 2.52. The first-order valence-electron chi connectivity index (χ1n) is 5.18. The molecule has 0 aromatic carbocycles. The molecular weight excluding hydrogens is 274 g/mol. The largest absolute Gasteiger partial charge is 0.333 e. The van der Waals surface area contributed by atoms with Crippen molar-refractivity contribution in [3.8, 4) is 0 Å². The first-order chi connectivity index (χ1) is 6.11. The van der Waals surface area contributed by atoms with Crippen molar-refractivity contribution in [2.24, 2.45) is 5.41 Å². The Labute approximate surface area is 95.0 Å². The van der Waals surface area contributed by atoms with E-state index in [9.17, 15) is 0 Å². The van der Waals surface area contributed by atoms with Gasteiger partial charge in [-0.15, -0.1) is 22.4 Å². The predicted molar refractivity (Wildman–Crippen MR) is 66.4 cm³/mol. The number of halogens is 1. The summed E-state index contributed by atoms with van der Waals surface area (Å²) in [6.45, 7) is 7.62. The van der Waals surface area contributed by atoms with Gasteiger partial charge in [0.15, 0.2) is 0 Å². The van der Waals surface area contributed by atoms with Crippen LogP contribution in [0, 0.1) is 5.41 Å². The summed E-state index contributed by atoms with van der Waals surface area (Å²) in [5.41, 5.74) is 0.719. The molecule has 2 nitrogen and oxygen atoms in total. The van der Waals surface area contributed by atoms with Crippen LogP contribution in [0.25, 0.3) is 0 Å². The van der Waals surface area contributed by atoms with Crippen LogP contribution < -0.4 is 0 Å². The van der Waals surface area contributed by atoms with E-state index in [2.05, 4.69) is 46.0 Å². The highest BCUT2D eigenvalue weighted by Crippen LogP contribution is 2.39. The van der Waals surface area contributed by atoms with Crippen LogP contribution in [0.15, 0.2) is 0 Å². The smallest absolute Gasteiger partial charge is 0.294 e. The highest BCUT2D eigenvalue weighted by molar-refractivity contribution is 14.1. The molecule has 0 radical (unpaired) electrons.